The first-order valence-electron chi connectivity index (χ1n) is 3.83. The van der Waals surface area contributed by atoms with E-state index in [0.717, 1.165) is 5.69 Å². The summed E-state index contributed by atoms with van der Waals surface area (Å²) in [6, 6.07) is 5.52. The SMILES string of the molecule is C[C@@H](CC(=O)O)c1ccccn1. The van der Waals surface area contributed by atoms with Crippen LogP contribution in [0.25, 0.3) is 0 Å². The van der Waals surface area contributed by atoms with Crippen molar-refractivity contribution >= 4 is 5.97 Å². The highest BCUT2D eigenvalue weighted by Gasteiger charge is 2.09. The molecule has 1 rings (SSSR count). The first kappa shape index (κ1) is 8.71. The van der Waals surface area contributed by atoms with Gasteiger partial charge in [0.15, 0.2) is 0 Å². The second-order valence-corrected chi connectivity index (χ2v) is 2.75. The molecule has 64 valence electrons. The summed E-state index contributed by atoms with van der Waals surface area (Å²) in [5.41, 5.74) is 0.833. The lowest BCUT2D eigenvalue weighted by molar-refractivity contribution is -0.137. The molecule has 0 saturated carbocycles. The van der Waals surface area contributed by atoms with E-state index in [0.29, 0.717) is 0 Å². The fourth-order valence-electron chi connectivity index (χ4n) is 1.03. The zero-order chi connectivity index (χ0) is 8.97. The number of carboxylic acids is 1. The Labute approximate surface area is 71.1 Å². The smallest absolute Gasteiger partial charge is 0.304 e. The molecular formula is C9H11NO2. The molecule has 0 fully saturated rings. The van der Waals surface area contributed by atoms with Gasteiger partial charge in [0, 0.05) is 17.8 Å². The van der Waals surface area contributed by atoms with Gasteiger partial charge >= 0.3 is 5.97 Å². The minimum atomic E-state index is -0.784. The maximum atomic E-state index is 10.4. The van der Waals surface area contributed by atoms with E-state index in [-0.39, 0.29) is 12.3 Å². The molecule has 1 aromatic rings. The van der Waals surface area contributed by atoms with Crippen LogP contribution in [0.5, 0.6) is 0 Å². The number of carbonyl (C=O) groups is 1. The third kappa shape index (κ3) is 2.34. The van der Waals surface area contributed by atoms with Gasteiger partial charge in [0.05, 0.1) is 6.42 Å². The molecule has 0 aromatic carbocycles. The summed E-state index contributed by atoms with van der Waals surface area (Å²) in [5, 5.41) is 8.52. The van der Waals surface area contributed by atoms with Crippen molar-refractivity contribution in [3.63, 3.8) is 0 Å². The monoisotopic (exact) mass is 165 g/mol. The van der Waals surface area contributed by atoms with Crippen molar-refractivity contribution in [2.75, 3.05) is 0 Å². The van der Waals surface area contributed by atoms with Crippen LogP contribution >= 0.6 is 0 Å². The fourth-order valence-corrected chi connectivity index (χ4v) is 1.03. The highest BCUT2D eigenvalue weighted by Crippen LogP contribution is 2.15. The van der Waals surface area contributed by atoms with Gasteiger partial charge in [-0.2, -0.15) is 0 Å². The van der Waals surface area contributed by atoms with Crippen molar-refractivity contribution in [1.29, 1.82) is 0 Å². The highest BCUT2D eigenvalue weighted by atomic mass is 16.4. The molecule has 0 aliphatic rings. The van der Waals surface area contributed by atoms with Crippen LogP contribution in [0.1, 0.15) is 25.0 Å². The predicted molar refractivity (Wildman–Crippen MR) is 44.9 cm³/mol. The minimum absolute atomic E-state index is 0.0105. The molecule has 3 heteroatoms. The Kier molecular flexibility index (Phi) is 2.80. The predicted octanol–water partition coefficient (Wildman–Crippen LogP) is 1.66. The van der Waals surface area contributed by atoms with Crippen LogP contribution in [0.15, 0.2) is 24.4 Å². The standard InChI is InChI=1S/C9H11NO2/c1-7(6-9(11)12)8-4-2-3-5-10-8/h2-5,7H,6H2,1H3,(H,11,12)/t7-/m0/s1. The minimum Gasteiger partial charge on any atom is -0.481 e. The van der Waals surface area contributed by atoms with E-state index in [1.54, 1.807) is 6.20 Å². The average Bonchev–Trinajstić information content (AvgIpc) is 2.05. The summed E-state index contributed by atoms with van der Waals surface area (Å²) in [7, 11) is 0. The third-order valence-electron chi connectivity index (χ3n) is 1.67. The molecule has 0 aliphatic heterocycles. The van der Waals surface area contributed by atoms with Gasteiger partial charge in [-0.15, -0.1) is 0 Å². The Hall–Kier alpha value is -1.38. The number of hydrogen-bond acceptors (Lipinski definition) is 2. The van der Waals surface area contributed by atoms with E-state index in [1.165, 1.54) is 0 Å². The summed E-state index contributed by atoms with van der Waals surface area (Å²) < 4.78 is 0. The number of aromatic nitrogens is 1. The van der Waals surface area contributed by atoms with Crippen molar-refractivity contribution in [2.45, 2.75) is 19.3 Å². The molecule has 0 bridgehead atoms. The summed E-state index contributed by atoms with van der Waals surface area (Å²) in [6.07, 6.45) is 1.81. The number of nitrogens with zero attached hydrogens (tertiary/aromatic N) is 1. The van der Waals surface area contributed by atoms with E-state index in [4.69, 9.17) is 5.11 Å². The van der Waals surface area contributed by atoms with Crippen LogP contribution in [0.2, 0.25) is 0 Å². The second kappa shape index (κ2) is 3.85. The molecule has 1 aromatic heterocycles. The largest absolute Gasteiger partial charge is 0.481 e. The van der Waals surface area contributed by atoms with Gasteiger partial charge in [-0.1, -0.05) is 13.0 Å². The Morgan fingerprint density at radius 2 is 2.42 bits per heavy atom. The Bertz CT molecular complexity index is 258. The maximum Gasteiger partial charge on any atom is 0.304 e. The zero-order valence-electron chi connectivity index (χ0n) is 6.90. The van der Waals surface area contributed by atoms with Crippen LogP contribution in [-0.2, 0) is 4.79 Å². The number of hydrogen-bond donors (Lipinski definition) is 1. The Morgan fingerprint density at radius 3 is 2.92 bits per heavy atom. The maximum absolute atomic E-state index is 10.4. The van der Waals surface area contributed by atoms with Gasteiger partial charge < -0.3 is 5.11 Å². The van der Waals surface area contributed by atoms with Crippen LogP contribution in [0.4, 0.5) is 0 Å². The molecule has 3 nitrogen and oxygen atoms in total. The van der Waals surface area contributed by atoms with Crippen LogP contribution in [-0.4, -0.2) is 16.1 Å². The van der Waals surface area contributed by atoms with Crippen LogP contribution in [0.3, 0.4) is 0 Å². The summed E-state index contributed by atoms with van der Waals surface area (Å²) >= 11 is 0. The van der Waals surface area contributed by atoms with Crippen LogP contribution in [0, 0.1) is 0 Å². The molecule has 0 aliphatic carbocycles. The molecule has 0 radical (unpaired) electrons. The van der Waals surface area contributed by atoms with Crippen molar-refractivity contribution in [1.82, 2.24) is 4.98 Å². The average molecular weight is 165 g/mol. The first-order chi connectivity index (χ1) is 5.70. The molecule has 1 heterocycles. The summed E-state index contributed by atoms with van der Waals surface area (Å²) in [4.78, 5) is 14.4. The van der Waals surface area contributed by atoms with Crippen molar-refractivity contribution in [3.8, 4) is 0 Å². The van der Waals surface area contributed by atoms with E-state index in [9.17, 15) is 4.79 Å². The third-order valence-corrected chi connectivity index (χ3v) is 1.67. The van der Waals surface area contributed by atoms with E-state index in [1.807, 2.05) is 25.1 Å². The molecule has 12 heavy (non-hydrogen) atoms. The van der Waals surface area contributed by atoms with Gasteiger partial charge in [0.2, 0.25) is 0 Å². The van der Waals surface area contributed by atoms with Crippen molar-refractivity contribution in [3.05, 3.63) is 30.1 Å². The fraction of sp³-hybridized carbons (Fsp3) is 0.333. The zero-order valence-corrected chi connectivity index (χ0v) is 6.90. The quantitative estimate of drug-likeness (QED) is 0.741. The molecule has 0 saturated heterocycles. The molecule has 0 unspecified atom stereocenters. The molecule has 0 amide bonds. The second-order valence-electron chi connectivity index (χ2n) is 2.75. The number of rotatable bonds is 3. The van der Waals surface area contributed by atoms with Gasteiger partial charge in [-0.25, -0.2) is 0 Å². The molecular weight excluding hydrogens is 154 g/mol. The highest BCUT2D eigenvalue weighted by molar-refractivity contribution is 5.67. The van der Waals surface area contributed by atoms with E-state index < -0.39 is 5.97 Å². The van der Waals surface area contributed by atoms with Gasteiger partial charge in [-0.05, 0) is 12.1 Å². The molecule has 0 spiro atoms. The number of aliphatic carboxylic acids is 1. The lowest BCUT2D eigenvalue weighted by Gasteiger charge is -2.06. The number of pyridine rings is 1. The van der Waals surface area contributed by atoms with E-state index in [2.05, 4.69) is 4.98 Å². The van der Waals surface area contributed by atoms with E-state index >= 15 is 0 Å². The molecule has 1 atom stereocenters. The van der Waals surface area contributed by atoms with Gasteiger partial charge in [0.1, 0.15) is 0 Å². The van der Waals surface area contributed by atoms with Gasteiger partial charge in [0.25, 0.3) is 0 Å². The molecule has 1 N–H and O–H groups in total. The lowest BCUT2D eigenvalue weighted by atomic mass is 10.0. The lowest BCUT2D eigenvalue weighted by Crippen LogP contribution is -2.03. The summed E-state index contributed by atoms with van der Waals surface area (Å²) in [5.74, 6) is -0.795. The first-order valence-corrected chi connectivity index (χ1v) is 3.83. The Balaban J connectivity index is 2.65. The van der Waals surface area contributed by atoms with Crippen LogP contribution < -0.4 is 0 Å². The normalized spacial score (nSPS) is 12.4. The van der Waals surface area contributed by atoms with Crippen molar-refractivity contribution in [2.24, 2.45) is 0 Å². The van der Waals surface area contributed by atoms with Crippen molar-refractivity contribution < 1.29 is 9.90 Å². The topological polar surface area (TPSA) is 50.2 Å². The Morgan fingerprint density at radius 1 is 1.67 bits per heavy atom. The van der Waals surface area contributed by atoms with Gasteiger partial charge in [-0.3, -0.25) is 9.78 Å². The summed E-state index contributed by atoms with van der Waals surface area (Å²) in [6.45, 7) is 1.86. The number of carboxylic acid groups (broad SMARTS) is 1.